The molecule has 0 aromatic carbocycles. The van der Waals surface area contributed by atoms with Crippen LogP contribution in [0.5, 0.6) is 0 Å². The second-order valence-corrected chi connectivity index (χ2v) is 4.41. The highest BCUT2D eigenvalue weighted by atomic mass is 16.3. The average molecular weight is 184 g/mol. The Morgan fingerprint density at radius 2 is 2.08 bits per heavy atom. The molecule has 1 aliphatic carbocycles. The number of hydrogen-bond donors (Lipinski definition) is 2. The monoisotopic (exact) mass is 184 g/mol. The molecule has 0 bridgehead atoms. The van der Waals surface area contributed by atoms with Gasteiger partial charge in [-0.3, -0.25) is 0 Å². The van der Waals surface area contributed by atoms with E-state index in [1.54, 1.807) is 0 Å². The van der Waals surface area contributed by atoms with Crippen LogP contribution in [-0.2, 0) is 0 Å². The van der Waals surface area contributed by atoms with Gasteiger partial charge in [0.1, 0.15) is 6.10 Å². The van der Waals surface area contributed by atoms with Crippen LogP contribution < -0.4 is 0 Å². The van der Waals surface area contributed by atoms with Crippen molar-refractivity contribution in [2.75, 3.05) is 0 Å². The standard InChI is InChI=1S/C11H20O2/c1-8(2)11(13)7-5-4-6-9(3)10(11)12/h8,10,12-13H,3-7H2,1-2H3. The van der Waals surface area contributed by atoms with Crippen molar-refractivity contribution in [2.24, 2.45) is 5.92 Å². The lowest BCUT2D eigenvalue weighted by atomic mass is 9.80. The van der Waals surface area contributed by atoms with E-state index in [1.807, 2.05) is 13.8 Å². The van der Waals surface area contributed by atoms with Crippen LogP contribution in [-0.4, -0.2) is 21.9 Å². The van der Waals surface area contributed by atoms with Crippen molar-refractivity contribution in [3.63, 3.8) is 0 Å². The zero-order valence-electron chi connectivity index (χ0n) is 8.58. The van der Waals surface area contributed by atoms with Crippen molar-refractivity contribution >= 4 is 0 Å². The normalized spacial score (nSPS) is 36.4. The highest BCUT2D eigenvalue weighted by molar-refractivity contribution is 5.12. The van der Waals surface area contributed by atoms with Crippen molar-refractivity contribution < 1.29 is 10.2 Å². The Bertz CT molecular complexity index is 198. The van der Waals surface area contributed by atoms with E-state index in [2.05, 4.69) is 6.58 Å². The predicted octanol–water partition coefficient (Wildman–Crippen LogP) is 1.86. The summed E-state index contributed by atoms with van der Waals surface area (Å²) < 4.78 is 0. The number of aliphatic hydroxyl groups excluding tert-OH is 1. The van der Waals surface area contributed by atoms with E-state index in [0.717, 1.165) is 24.8 Å². The third-order valence-electron chi connectivity index (χ3n) is 3.19. The van der Waals surface area contributed by atoms with Crippen molar-refractivity contribution in [1.29, 1.82) is 0 Å². The molecule has 1 saturated carbocycles. The Kier molecular flexibility index (Phi) is 3.14. The summed E-state index contributed by atoms with van der Waals surface area (Å²) in [6.45, 7) is 7.72. The number of rotatable bonds is 1. The zero-order valence-corrected chi connectivity index (χ0v) is 8.58. The molecule has 2 N–H and O–H groups in total. The fraction of sp³-hybridized carbons (Fsp3) is 0.818. The number of hydrogen-bond acceptors (Lipinski definition) is 2. The van der Waals surface area contributed by atoms with E-state index >= 15 is 0 Å². The third kappa shape index (κ3) is 1.94. The first-order valence-electron chi connectivity index (χ1n) is 5.06. The lowest BCUT2D eigenvalue weighted by Crippen LogP contribution is -2.46. The topological polar surface area (TPSA) is 40.5 Å². The van der Waals surface area contributed by atoms with Gasteiger partial charge in [-0.1, -0.05) is 26.8 Å². The SMILES string of the molecule is C=C1CCCCC(O)(C(C)C)C1O. The summed E-state index contributed by atoms with van der Waals surface area (Å²) in [6.07, 6.45) is 2.80. The quantitative estimate of drug-likeness (QED) is 0.482. The molecule has 2 heteroatoms. The first-order chi connectivity index (χ1) is 5.98. The second kappa shape index (κ2) is 3.81. The Morgan fingerprint density at radius 1 is 1.46 bits per heavy atom. The molecule has 0 radical (unpaired) electrons. The first kappa shape index (κ1) is 10.7. The molecule has 0 spiro atoms. The number of aliphatic hydroxyl groups is 2. The maximum Gasteiger partial charge on any atom is 0.104 e. The molecule has 13 heavy (non-hydrogen) atoms. The molecule has 2 unspecified atom stereocenters. The van der Waals surface area contributed by atoms with Crippen LogP contribution in [0.25, 0.3) is 0 Å². The van der Waals surface area contributed by atoms with Gasteiger partial charge in [0.25, 0.3) is 0 Å². The predicted molar refractivity (Wildman–Crippen MR) is 53.4 cm³/mol. The van der Waals surface area contributed by atoms with Gasteiger partial charge in [-0.15, -0.1) is 0 Å². The van der Waals surface area contributed by atoms with Crippen LogP contribution in [0.4, 0.5) is 0 Å². The van der Waals surface area contributed by atoms with Gasteiger partial charge in [0, 0.05) is 0 Å². The summed E-state index contributed by atoms with van der Waals surface area (Å²) in [5.74, 6) is 0.0809. The molecule has 1 fully saturated rings. The van der Waals surface area contributed by atoms with E-state index in [1.165, 1.54) is 0 Å². The molecular weight excluding hydrogens is 164 g/mol. The maximum absolute atomic E-state index is 10.3. The third-order valence-corrected chi connectivity index (χ3v) is 3.19. The molecule has 0 aromatic heterocycles. The lowest BCUT2D eigenvalue weighted by molar-refractivity contribution is -0.0927. The molecule has 0 heterocycles. The van der Waals surface area contributed by atoms with Crippen LogP contribution in [0, 0.1) is 5.92 Å². The molecule has 2 nitrogen and oxygen atoms in total. The summed E-state index contributed by atoms with van der Waals surface area (Å²) >= 11 is 0. The van der Waals surface area contributed by atoms with Gasteiger partial charge in [-0.05, 0) is 30.8 Å². The van der Waals surface area contributed by atoms with E-state index in [-0.39, 0.29) is 5.92 Å². The summed E-state index contributed by atoms with van der Waals surface area (Å²) in [7, 11) is 0. The minimum Gasteiger partial charge on any atom is -0.387 e. The largest absolute Gasteiger partial charge is 0.387 e. The molecular formula is C11H20O2. The van der Waals surface area contributed by atoms with E-state index in [9.17, 15) is 10.2 Å². The van der Waals surface area contributed by atoms with Crippen LogP contribution >= 0.6 is 0 Å². The van der Waals surface area contributed by atoms with Gasteiger partial charge in [-0.2, -0.15) is 0 Å². The highest BCUT2D eigenvalue weighted by Crippen LogP contribution is 2.35. The fourth-order valence-electron chi connectivity index (χ4n) is 1.99. The molecule has 1 aliphatic rings. The maximum atomic E-state index is 10.3. The molecule has 2 atom stereocenters. The molecule has 0 aliphatic heterocycles. The summed E-state index contributed by atoms with van der Waals surface area (Å²) in [4.78, 5) is 0. The molecule has 0 saturated heterocycles. The average Bonchev–Trinajstić information content (AvgIpc) is 2.19. The summed E-state index contributed by atoms with van der Waals surface area (Å²) in [6, 6.07) is 0. The van der Waals surface area contributed by atoms with Gasteiger partial charge in [0.15, 0.2) is 0 Å². The molecule has 1 rings (SSSR count). The lowest BCUT2D eigenvalue weighted by Gasteiger charge is -2.36. The van der Waals surface area contributed by atoms with Gasteiger partial charge < -0.3 is 10.2 Å². The highest BCUT2D eigenvalue weighted by Gasteiger charge is 2.40. The van der Waals surface area contributed by atoms with E-state index < -0.39 is 11.7 Å². The van der Waals surface area contributed by atoms with Crippen molar-refractivity contribution in [2.45, 2.75) is 51.2 Å². The van der Waals surface area contributed by atoms with Gasteiger partial charge in [0.2, 0.25) is 0 Å². The Labute approximate surface area is 80.3 Å². The molecule has 76 valence electrons. The van der Waals surface area contributed by atoms with Gasteiger partial charge >= 0.3 is 0 Å². The van der Waals surface area contributed by atoms with Crippen LogP contribution in [0.2, 0.25) is 0 Å². The van der Waals surface area contributed by atoms with Crippen molar-refractivity contribution in [3.05, 3.63) is 12.2 Å². The molecule has 0 amide bonds. The summed E-state index contributed by atoms with van der Waals surface area (Å²) in [5.41, 5.74) is -0.165. The van der Waals surface area contributed by atoms with Gasteiger partial charge in [-0.25, -0.2) is 0 Å². The Morgan fingerprint density at radius 3 is 2.62 bits per heavy atom. The minimum atomic E-state index is -0.951. The first-order valence-corrected chi connectivity index (χ1v) is 5.06. The van der Waals surface area contributed by atoms with E-state index in [4.69, 9.17) is 0 Å². The van der Waals surface area contributed by atoms with Crippen molar-refractivity contribution in [1.82, 2.24) is 0 Å². The molecule has 0 aromatic rings. The second-order valence-electron chi connectivity index (χ2n) is 4.41. The Balaban J connectivity index is 2.86. The fourth-order valence-corrected chi connectivity index (χ4v) is 1.99. The van der Waals surface area contributed by atoms with Gasteiger partial charge in [0.05, 0.1) is 5.60 Å². The van der Waals surface area contributed by atoms with Crippen LogP contribution in [0.3, 0.4) is 0 Å². The van der Waals surface area contributed by atoms with Crippen molar-refractivity contribution in [3.8, 4) is 0 Å². The van der Waals surface area contributed by atoms with Crippen LogP contribution in [0.15, 0.2) is 12.2 Å². The minimum absolute atomic E-state index is 0.0809. The van der Waals surface area contributed by atoms with Crippen LogP contribution in [0.1, 0.15) is 39.5 Å². The summed E-state index contributed by atoms with van der Waals surface area (Å²) in [5, 5.41) is 20.2. The Hall–Kier alpha value is -0.340. The smallest absolute Gasteiger partial charge is 0.104 e. The zero-order chi connectivity index (χ0) is 10.1. The van der Waals surface area contributed by atoms with E-state index in [0.29, 0.717) is 6.42 Å².